The van der Waals surface area contributed by atoms with Crippen LogP contribution >= 0.6 is 0 Å². The lowest BCUT2D eigenvalue weighted by atomic mass is 10.0. The first-order chi connectivity index (χ1) is 7.69. The molecule has 0 atom stereocenters. The highest BCUT2D eigenvalue weighted by Crippen LogP contribution is 2.26. The SMILES string of the molecule is CCCCCC(=O)c1ccc(OC)c(O)c1. The van der Waals surface area contributed by atoms with Crippen molar-refractivity contribution in [2.24, 2.45) is 0 Å². The number of rotatable bonds is 6. The van der Waals surface area contributed by atoms with E-state index >= 15 is 0 Å². The van der Waals surface area contributed by atoms with E-state index in [1.807, 2.05) is 0 Å². The van der Waals surface area contributed by atoms with Crippen LogP contribution in [0.5, 0.6) is 11.5 Å². The van der Waals surface area contributed by atoms with E-state index in [9.17, 15) is 9.90 Å². The van der Waals surface area contributed by atoms with Crippen LogP contribution in [0.2, 0.25) is 0 Å². The van der Waals surface area contributed by atoms with E-state index in [-0.39, 0.29) is 11.5 Å². The summed E-state index contributed by atoms with van der Waals surface area (Å²) in [6, 6.07) is 4.77. The molecule has 1 rings (SSSR count). The average Bonchev–Trinajstić information content (AvgIpc) is 2.29. The highest BCUT2D eigenvalue weighted by molar-refractivity contribution is 5.96. The van der Waals surface area contributed by atoms with E-state index in [1.54, 1.807) is 12.1 Å². The fourth-order valence-electron chi connectivity index (χ4n) is 1.54. The van der Waals surface area contributed by atoms with Crippen molar-refractivity contribution in [2.75, 3.05) is 7.11 Å². The molecule has 0 saturated carbocycles. The number of unbranched alkanes of at least 4 members (excludes halogenated alkanes) is 2. The van der Waals surface area contributed by atoms with Gasteiger partial charge >= 0.3 is 0 Å². The molecule has 0 unspecified atom stereocenters. The fourth-order valence-corrected chi connectivity index (χ4v) is 1.54. The second-order valence-electron chi connectivity index (χ2n) is 3.77. The minimum Gasteiger partial charge on any atom is -0.504 e. The number of Topliss-reactive ketones (excluding diaryl/α,β-unsaturated/α-hetero) is 1. The molecule has 0 aliphatic rings. The predicted octanol–water partition coefficient (Wildman–Crippen LogP) is 3.16. The van der Waals surface area contributed by atoms with Crippen molar-refractivity contribution in [3.63, 3.8) is 0 Å². The van der Waals surface area contributed by atoms with Gasteiger partial charge in [0, 0.05) is 12.0 Å². The summed E-state index contributed by atoms with van der Waals surface area (Å²) in [6.45, 7) is 2.10. The molecule has 16 heavy (non-hydrogen) atoms. The number of carbonyl (C=O) groups excluding carboxylic acids is 1. The van der Waals surface area contributed by atoms with Gasteiger partial charge in [-0.15, -0.1) is 0 Å². The Morgan fingerprint density at radius 1 is 1.38 bits per heavy atom. The van der Waals surface area contributed by atoms with Gasteiger partial charge in [0.1, 0.15) is 0 Å². The zero-order valence-corrected chi connectivity index (χ0v) is 9.82. The maximum absolute atomic E-state index is 11.7. The first-order valence-corrected chi connectivity index (χ1v) is 5.59. The number of hydrogen-bond acceptors (Lipinski definition) is 3. The molecular weight excluding hydrogens is 204 g/mol. The van der Waals surface area contributed by atoms with Gasteiger partial charge in [-0.2, -0.15) is 0 Å². The molecule has 0 aliphatic heterocycles. The Labute approximate surface area is 96.1 Å². The maximum atomic E-state index is 11.7. The van der Waals surface area contributed by atoms with E-state index < -0.39 is 0 Å². The highest BCUT2D eigenvalue weighted by atomic mass is 16.5. The zero-order valence-electron chi connectivity index (χ0n) is 9.82. The second kappa shape index (κ2) is 6.16. The summed E-state index contributed by atoms with van der Waals surface area (Å²) in [5, 5.41) is 9.53. The standard InChI is InChI=1S/C13H18O3/c1-3-4-5-6-11(14)10-7-8-13(16-2)12(15)9-10/h7-9,15H,3-6H2,1-2H3. The quantitative estimate of drug-likeness (QED) is 0.594. The summed E-state index contributed by atoms with van der Waals surface area (Å²) in [5.74, 6) is 0.486. The van der Waals surface area contributed by atoms with Crippen molar-refractivity contribution >= 4 is 5.78 Å². The van der Waals surface area contributed by atoms with E-state index in [4.69, 9.17) is 4.74 Å². The van der Waals surface area contributed by atoms with Crippen molar-refractivity contribution in [3.05, 3.63) is 23.8 Å². The number of phenolic OH excluding ortho intramolecular Hbond substituents is 1. The number of benzene rings is 1. The lowest BCUT2D eigenvalue weighted by Gasteiger charge is -2.05. The van der Waals surface area contributed by atoms with Gasteiger partial charge in [0.25, 0.3) is 0 Å². The lowest BCUT2D eigenvalue weighted by molar-refractivity contribution is 0.0979. The number of methoxy groups -OCH3 is 1. The molecular formula is C13H18O3. The smallest absolute Gasteiger partial charge is 0.163 e. The monoisotopic (exact) mass is 222 g/mol. The summed E-state index contributed by atoms with van der Waals surface area (Å²) in [6.07, 6.45) is 3.61. The molecule has 3 nitrogen and oxygen atoms in total. The molecule has 0 aliphatic carbocycles. The average molecular weight is 222 g/mol. The van der Waals surface area contributed by atoms with Crippen molar-refractivity contribution in [1.29, 1.82) is 0 Å². The van der Waals surface area contributed by atoms with Gasteiger partial charge in [0.05, 0.1) is 7.11 Å². The molecule has 88 valence electrons. The number of phenols is 1. The Bertz CT molecular complexity index is 358. The minimum atomic E-state index is 0.0174. The van der Waals surface area contributed by atoms with Crippen LogP contribution in [0.25, 0.3) is 0 Å². The van der Waals surface area contributed by atoms with Gasteiger partial charge in [0.2, 0.25) is 0 Å². The molecule has 1 aromatic rings. The largest absolute Gasteiger partial charge is 0.504 e. The van der Waals surface area contributed by atoms with Crippen molar-refractivity contribution in [1.82, 2.24) is 0 Å². The summed E-state index contributed by atoms with van der Waals surface area (Å²) >= 11 is 0. The lowest BCUT2D eigenvalue weighted by Crippen LogP contribution is -1.99. The zero-order chi connectivity index (χ0) is 12.0. The molecule has 0 amide bonds. The summed E-state index contributed by atoms with van der Waals surface area (Å²) in [4.78, 5) is 11.7. The van der Waals surface area contributed by atoms with Crippen LogP contribution in [0, 0.1) is 0 Å². The Balaban J connectivity index is 2.66. The van der Waals surface area contributed by atoms with Crippen LogP contribution in [0.4, 0.5) is 0 Å². The molecule has 1 aromatic carbocycles. The van der Waals surface area contributed by atoms with Crippen LogP contribution in [-0.4, -0.2) is 18.0 Å². The third-order valence-corrected chi connectivity index (χ3v) is 2.51. The minimum absolute atomic E-state index is 0.0174. The number of hydrogen-bond donors (Lipinski definition) is 1. The van der Waals surface area contributed by atoms with Crippen LogP contribution < -0.4 is 4.74 Å². The second-order valence-corrected chi connectivity index (χ2v) is 3.77. The Morgan fingerprint density at radius 3 is 2.69 bits per heavy atom. The predicted molar refractivity (Wildman–Crippen MR) is 63.1 cm³/mol. The molecule has 0 heterocycles. The van der Waals surface area contributed by atoms with Crippen molar-refractivity contribution in [2.45, 2.75) is 32.6 Å². The van der Waals surface area contributed by atoms with Gasteiger partial charge in [-0.25, -0.2) is 0 Å². The summed E-state index contributed by atoms with van der Waals surface area (Å²) in [5.41, 5.74) is 0.550. The number of ketones is 1. The molecule has 0 saturated heterocycles. The van der Waals surface area contributed by atoms with Gasteiger partial charge in [-0.05, 0) is 24.6 Å². The van der Waals surface area contributed by atoms with Gasteiger partial charge in [0.15, 0.2) is 17.3 Å². The molecule has 0 radical (unpaired) electrons. The highest BCUT2D eigenvalue weighted by Gasteiger charge is 2.08. The van der Waals surface area contributed by atoms with Crippen LogP contribution in [-0.2, 0) is 0 Å². The molecule has 3 heteroatoms. The van der Waals surface area contributed by atoms with Crippen LogP contribution in [0.3, 0.4) is 0 Å². The first-order valence-electron chi connectivity index (χ1n) is 5.59. The summed E-state index contributed by atoms with van der Waals surface area (Å²) in [7, 11) is 1.48. The van der Waals surface area contributed by atoms with Crippen LogP contribution in [0.15, 0.2) is 18.2 Å². The summed E-state index contributed by atoms with van der Waals surface area (Å²) < 4.78 is 4.92. The number of carbonyl (C=O) groups is 1. The normalized spacial score (nSPS) is 10.1. The van der Waals surface area contributed by atoms with E-state index in [2.05, 4.69) is 6.92 Å². The number of aromatic hydroxyl groups is 1. The van der Waals surface area contributed by atoms with Crippen LogP contribution in [0.1, 0.15) is 43.0 Å². The molecule has 0 bridgehead atoms. The van der Waals surface area contributed by atoms with E-state index in [1.165, 1.54) is 13.2 Å². The maximum Gasteiger partial charge on any atom is 0.163 e. The molecule has 0 spiro atoms. The van der Waals surface area contributed by atoms with E-state index in [0.29, 0.717) is 17.7 Å². The van der Waals surface area contributed by atoms with Crippen molar-refractivity contribution < 1.29 is 14.6 Å². The van der Waals surface area contributed by atoms with Gasteiger partial charge in [-0.1, -0.05) is 19.8 Å². The Morgan fingerprint density at radius 2 is 2.12 bits per heavy atom. The Hall–Kier alpha value is -1.51. The topological polar surface area (TPSA) is 46.5 Å². The Kier molecular flexibility index (Phi) is 4.83. The molecule has 0 fully saturated rings. The van der Waals surface area contributed by atoms with Crippen molar-refractivity contribution in [3.8, 4) is 11.5 Å². The number of ether oxygens (including phenoxy) is 1. The molecule has 1 N–H and O–H groups in total. The first kappa shape index (κ1) is 12.6. The van der Waals surface area contributed by atoms with Gasteiger partial charge < -0.3 is 9.84 Å². The van der Waals surface area contributed by atoms with E-state index in [0.717, 1.165) is 19.3 Å². The van der Waals surface area contributed by atoms with Gasteiger partial charge in [-0.3, -0.25) is 4.79 Å². The fraction of sp³-hybridized carbons (Fsp3) is 0.462. The third kappa shape index (κ3) is 3.26. The molecule has 0 aromatic heterocycles. The third-order valence-electron chi connectivity index (χ3n) is 2.51.